The van der Waals surface area contributed by atoms with Crippen LogP contribution in [-0.4, -0.2) is 26.0 Å². The summed E-state index contributed by atoms with van der Waals surface area (Å²) < 4.78 is 21.8. The van der Waals surface area contributed by atoms with Gasteiger partial charge in [0.2, 0.25) is 5.78 Å². The Balaban J connectivity index is 1.58. The van der Waals surface area contributed by atoms with E-state index in [0.717, 1.165) is 11.1 Å². The summed E-state index contributed by atoms with van der Waals surface area (Å²) in [7, 11) is 3.01. The van der Waals surface area contributed by atoms with E-state index in [4.69, 9.17) is 18.9 Å². The standard InChI is InChI=1S/C26H22O6/c1-15-5-7-17(8-6-15)12-23-25(27)24-16(2)11-19(14-22(24)32-23)31-26(28)18-9-10-20(29-3)21(13-18)30-4/h5-14H,1-4H3/b23-12-. The molecule has 6 heteroatoms. The average Bonchev–Trinajstić information content (AvgIpc) is 3.10. The molecule has 3 aromatic carbocycles. The number of hydrogen-bond acceptors (Lipinski definition) is 6. The van der Waals surface area contributed by atoms with Crippen LogP contribution >= 0.6 is 0 Å². The predicted molar refractivity (Wildman–Crippen MR) is 120 cm³/mol. The number of hydrogen-bond donors (Lipinski definition) is 0. The number of allylic oxidation sites excluding steroid dienone is 1. The second kappa shape index (κ2) is 8.59. The van der Waals surface area contributed by atoms with E-state index >= 15 is 0 Å². The van der Waals surface area contributed by atoms with E-state index in [1.165, 1.54) is 14.2 Å². The SMILES string of the molecule is COc1ccc(C(=O)Oc2cc(C)c3c(c2)O/C(=C\c2ccc(C)cc2)C3=O)cc1OC. The van der Waals surface area contributed by atoms with Crippen LogP contribution in [0.5, 0.6) is 23.0 Å². The van der Waals surface area contributed by atoms with Crippen LogP contribution in [0.4, 0.5) is 0 Å². The number of aryl methyl sites for hydroxylation is 2. The first-order valence-electron chi connectivity index (χ1n) is 9.99. The molecule has 0 amide bonds. The highest BCUT2D eigenvalue weighted by molar-refractivity contribution is 6.15. The van der Waals surface area contributed by atoms with Crippen LogP contribution < -0.4 is 18.9 Å². The molecule has 0 saturated heterocycles. The molecular formula is C26H22O6. The summed E-state index contributed by atoms with van der Waals surface area (Å²) in [4.78, 5) is 25.5. The van der Waals surface area contributed by atoms with Crippen LogP contribution in [-0.2, 0) is 0 Å². The van der Waals surface area contributed by atoms with Crippen molar-refractivity contribution in [1.82, 2.24) is 0 Å². The molecule has 4 rings (SSSR count). The Hall–Kier alpha value is -4.06. The topological polar surface area (TPSA) is 71.1 Å². The summed E-state index contributed by atoms with van der Waals surface area (Å²) >= 11 is 0. The Morgan fingerprint density at radius 3 is 2.31 bits per heavy atom. The highest BCUT2D eigenvalue weighted by atomic mass is 16.5. The summed E-state index contributed by atoms with van der Waals surface area (Å²) in [6.45, 7) is 3.78. The van der Waals surface area contributed by atoms with Gasteiger partial charge in [-0.25, -0.2) is 4.79 Å². The van der Waals surface area contributed by atoms with Crippen molar-refractivity contribution in [1.29, 1.82) is 0 Å². The highest BCUT2D eigenvalue weighted by Gasteiger charge is 2.30. The van der Waals surface area contributed by atoms with Crippen molar-refractivity contribution in [3.63, 3.8) is 0 Å². The molecule has 32 heavy (non-hydrogen) atoms. The van der Waals surface area contributed by atoms with Crippen molar-refractivity contribution in [3.8, 4) is 23.0 Å². The molecule has 0 fully saturated rings. The van der Waals surface area contributed by atoms with E-state index in [0.29, 0.717) is 33.9 Å². The smallest absolute Gasteiger partial charge is 0.343 e. The Labute approximate surface area is 186 Å². The van der Waals surface area contributed by atoms with Gasteiger partial charge in [-0.1, -0.05) is 29.8 Å². The van der Waals surface area contributed by atoms with Crippen molar-refractivity contribution < 1.29 is 28.5 Å². The summed E-state index contributed by atoms with van der Waals surface area (Å²) in [6.07, 6.45) is 1.70. The zero-order chi connectivity index (χ0) is 22.8. The maximum atomic E-state index is 12.8. The molecule has 0 aliphatic carbocycles. The molecule has 0 radical (unpaired) electrons. The molecule has 3 aromatic rings. The monoisotopic (exact) mass is 430 g/mol. The molecule has 1 aliphatic heterocycles. The van der Waals surface area contributed by atoms with Gasteiger partial charge in [0.05, 0.1) is 25.3 Å². The summed E-state index contributed by atoms with van der Waals surface area (Å²) in [6, 6.07) is 15.7. The fraction of sp³-hybridized carbons (Fsp3) is 0.154. The number of Topliss-reactive ketones (excluding diaryl/α,β-unsaturated/α-hetero) is 1. The number of esters is 1. The molecule has 1 aliphatic rings. The van der Waals surface area contributed by atoms with Crippen molar-refractivity contribution in [2.24, 2.45) is 0 Å². The Morgan fingerprint density at radius 1 is 0.906 bits per heavy atom. The minimum Gasteiger partial charge on any atom is -0.493 e. The van der Waals surface area contributed by atoms with Gasteiger partial charge >= 0.3 is 5.97 Å². The van der Waals surface area contributed by atoms with Gasteiger partial charge in [0.1, 0.15) is 11.5 Å². The number of benzene rings is 3. The third kappa shape index (κ3) is 4.07. The van der Waals surface area contributed by atoms with Crippen molar-refractivity contribution >= 4 is 17.8 Å². The van der Waals surface area contributed by atoms with E-state index in [-0.39, 0.29) is 17.3 Å². The van der Waals surface area contributed by atoms with E-state index in [9.17, 15) is 9.59 Å². The van der Waals surface area contributed by atoms with E-state index in [1.54, 1.807) is 43.3 Å². The highest BCUT2D eigenvalue weighted by Crippen LogP contribution is 2.38. The second-order valence-corrected chi connectivity index (χ2v) is 7.42. The summed E-state index contributed by atoms with van der Waals surface area (Å²) in [5, 5.41) is 0. The lowest BCUT2D eigenvalue weighted by atomic mass is 10.0. The number of carbonyl (C=O) groups is 2. The zero-order valence-electron chi connectivity index (χ0n) is 18.2. The van der Waals surface area contributed by atoms with Crippen LogP contribution in [0.1, 0.15) is 37.4 Å². The van der Waals surface area contributed by atoms with Gasteiger partial charge in [0, 0.05) is 6.07 Å². The Bertz CT molecular complexity index is 1240. The largest absolute Gasteiger partial charge is 0.493 e. The van der Waals surface area contributed by atoms with Crippen LogP contribution in [0.2, 0.25) is 0 Å². The lowest BCUT2D eigenvalue weighted by Crippen LogP contribution is -2.09. The van der Waals surface area contributed by atoms with Gasteiger partial charge in [0.25, 0.3) is 0 Å². The van der Waals surface area contributed by atoms with Gasteiger partial charge in [0.15, 0.2) is 17.3 Å². The number of carbonyl (C=O) groups excluding carboxylic acids is 2. The quantitative estimate of drug-likeness (QED) is 0.316. The minimum atomic E-state index is -0.565. The van der Waals surface area contributed by atoms with Gasteiger partial charge in [-0.2, -0.15) is 0 Å². The predicted octanol–water partition coefficient (Wildman–Crippen LogP) is 5.16. The molecule has 162 valence electrons. The van der Waals surface area contributed by atoms with Crippen LogP contribution in [0.3, 0.4) is 0 Å². The molecule has 0 N–H and O–H groups in total. The third-order valence-corrected chi connectivity index (χ3v) is 5.15. The molecular weight excluding hydrogens is 408 g/mol. The maximum absolute atomic E-state index is 12.8. The Kier molecular flexibility index (Phi) is 5.69. The minimum absolute atomic E-state index is 0.198. The number of rotatable bonds is 5. The van der Waals surface area contributed by atoms with Crippen LogP contribution in [0.15, 0.2) is 60.4 Å². The van der Waals surface area contributed by atoms with Crippen LogP contribution in [0.25, 0.3) is 6.08 Å². The van der Waals surface area contributed by atoms with E-state index in [2.05, 4.69) is 0 Å². The van der Waals surface area contributed by atoms with E-state index in [1.807, 2.05) is 31.2 Å². The second-order valence-electron chi connectivity index (χ2n) is 7.42. The number of ether oxygens (including phenoxy) is 4. The molecule has 0 aromatic heterocycles. The van der Waals surface area contributed by atoms with Crippen LogP contribution in [0, 0.1) is 13.8 Å². The fourth-order valence-corrected chi connectivity index (χ4v) is 3.48. The zero-order valence-corrected chi connectivity index (χ0v) is 18.2. The summed E-state index contributed by atoms with van der Waals surface area (Å²) in [5.74, 6) is 1.05. The lowest BCUT2D eigenvalue weighted by Gasteiger charge is -2.10. The Morgan fingerprint density at radius 2 is 1.62 bits per heavy atom. The van der Waals surface area contributed by atoms with Gasteiger partial charge in [-0.3, -0.25) is 4.79 Å². The maximum Gasteiger partial charge on any atom is 0.343 e. The van der Waals surface area contributed by atoms with Crippen molar-refractivity contribution in [2.75, 3.05) is 14.2 Å². The molecule has 0 atom stereocenters. The van der Waals surface area contributed by atoms with Gasteiger partial charge < -0.3 is 18.9 Å². The molecule has 1 heterocycles. The number of methoxy groups -OCH3 is 2. The van der Waals surface area contributed by atoms with Crippen molar-refractivity contribution in [2.45, 2.75) is 13.8 Å². The van der Waals surface area contributed by atoms with Gasteiger partial charge in [-0.05, 0) is 55.3 Å². The first kappa shape index (κ1) is 21.2. The molecule has 6 nitrogen and oxygen atoms in total. The number of ketones is 1. The first-order chi connectivity index (χ1) is 15.4. The lowest BCUT2D eigenvalue weighted by molar-refractivity contribution is 0.0734. The molecule has 0 saturated carbocycles. The summed E-state index contributed by atoms with van der Waals surface area (Å²) in [5.41, 5.74) is 3.43. The van der Waals surface area contributed by atoms with E-state index < -0.39 is 5.97 Å². The molecule has 0 spiro atoms. The average molecular weight is 430 g/mol. The normalized spacial score (nSPS) is 13.5. The molecule has 0 unspecified atom stereocenters. The fourth-order valence-electron chi connectivity index (χ4n) is 3.48. The number of fused-ring (bicyclic) bond motifs is 1. The van der Waals surface area contributed by atoms with Crippen molar-refractivity contribution in [3.05, 3.63) is 88.2 Å². The molecule has 0 bridgehead atoms. The third-order valence-electron chi connectivity index (χ3n) is 5.15. The first-order valence-corrected chi connectivity index (χ1v) is 9.99. The van der Waals surface area contributed by atoms with Gasteiger partial charge in [-0.15, -0.1) is 0 Å².